The summed E-state index contributed by atoms with van der Waals surface area (Å²) in [6.45, 7) is 3.17. The summed E-state index contributed by atoms with van der Waals surface area (Å²) in [5, 5.41) is 0. The zero-order chi connectivity index (χ0) is 8.43. The highest BCUT2D eigenvalue weighted by Gasteiger charge is 2.02. The summed E-state index contributed by atoms with van der Waals surface area (Å²) in [4.78, 5) is 4.96. The van der Waals surface area contributed by atoms with Gasteiger partial charge in [0.1, 0.15) is 0 Å². The van der Waals surface area contributed by atoms with Crippen molar-refractivity contribution in [2.45, 2.75) is 13.5 Å². The van der Waals surface area contributed by atoms with Crippen LogP contribution in [0.1, 0.15) is 9.75 Å². The van der Waals surface area contributed by atoms with Gasteiger partial charge in [0.2, 0.25) is 0 Å². The Morgan fingerprint density at radius 2 is 2.18 bits per heavy atom. The number of halogens is 1. The van der Waals surface area contributed by atoms with Gasteiger partial charge in [0, 0.05) is 20.8 Å². The molecule has 0 saturated carbocycles. The Balaban J connectivity index is 2.73. The van der Waals surface area contributed by atoms with Gasteiger partial charge in [-0.3, -0.25) is 0 Å². The highest BCUT2D eigenvalue weighted by atomic mass is 79.9. The monoisotopic (exact) mass is 233 g/mol. The molecule has 3 heteroatoms. The minimum Gasteiger partial charge on any atom is -0.304 e. The number of hydrogen-bond acceptors (Lipinski definition) is 2. The molecule has 0 aliphatic heterocycles. The average Bonchev–Trinajstić information content (AvgIpc) is 2.10. The van der Waals surface area contributed by atoms with Crippen molar-refractivity contribution >= 4 is 27.3 Å². The Morgan fingerprint density at radius 1 is 1.55 bits per heavy atom. The lowest BCUT2D eigenvalue weighted by atomic mass is 10.4. The third-order valence-corrected chi connectivity index (χ3v) is 3.50. The van der Waals surface area contributed by atoms with Gasteiger partial charge in [0.25, 0.3) is 0 Å². The highest BCUT2D eigenvalue weighted by molar-refractivity contribution is 9.10. The zero-order valence-electron chi connectivity index (χ0n) is 7.02. The van der Waals surface area contributed by atoms with Gasteiger partial charge in [-0.05, 0) is 43.0 Å². The summed E-state index contributed by atoms with van der Waals surface area (Å²) >= 11 is 5.35. The SMILES string of the molecule is Cc1sc(CN(C)C)cc1Br. The van der Waals surface area contributed by atoms with Crippen molar-refractivity contribution in [2.75, 3.05) is 14.1 Å². The Morgan fingerprint density at radius 3 is 2.55 bits per heavy atom. The molecule has 0 bridgehead atoms. The normalized spacial score (nSPS) is 11.0. The molecule has 0 unspecified atom stereocenters. The lowest BCUT2D eigenvalue weighted by Gasteiger charge is -2.05. The molecule has 1 rings (SSSR count). The van der Waals surface area contributed by atoms with Crippen LogP contribution in [0.25, 0.3) is 0 Å². The highest BCUT2D eigenvalue weighted by Crippen LogP contribution is 2.26. The van der Waals surface area contributed by atoms with Crippen LogP contribution in [0.3, 0.4) is 0 Å². The molecule has 1 aromatic heterocycles. The summed E-state index contributed by atoms with van der Waals surface area (Å²) in [5.74, 6) is 0. The van der Waals surface area contributed by atoms with Gasteiger partial charge in [-0.2, -0.15) is 0 Å². The van der Waals surface area contributed by atoms with Crippen molar-refractivity contribution in [1.82, 2.24) is 4.90 Å². The number of nitrogens with zero attached hydrogens (tertiary/aromatic N) is 1. The fraction of sp³-hybridized carbons (Fsp3) is 0.500. The maximum atomic E-state index is 3.50. The van der Waals surface area contributed by atoms with Crippen LogP contribution in [0.15, 0.2) is 10.5 Å². The van der Waals surface area contributed by atoms with Crippen LogP contribution in [0.4, 0.5) is 0 Å². The molecule has 0 fully saturated rings. The van der Waals surface area contributed by atoms with Crippen molar-refractivity contribution < 1.29 is 0 Å². The van der Waals surface area contributed by atoms with Gasteiger partial charge in [-0.25, -0.2) is 0 Å². The summed E-state index contributed by atoms with van der Waals surface area (Å²) in [5.41, 5.74) is 0. The Kier molecular flexibility index (Phi) is 3.10. The minimum atomic E-state index is 1.04. The first-order valence-electron chi connectivity index (χ1n) is 3.49. The lowest BCUT2D eigenvalue weighted by Crippen LogP contribution is -2.09. The fourth-order valence-electron chi connectivity index (χ4n) is 0.907. The van der Waals surface area contributed by atoms with E-state index in [0.717, 1.165) is 6.54 Å². The van der Waals surface area contributed by atoms with E-state index in [0.29, 0.717) is 0 Å². The molecule has 0 N–H and O–H groups in total. The predicted molar refractivity (Wildman–Crippen MR) is 54.1 cm³/mol. The van der Waals surface area contributed by atoms with Crippen LogP contribution >= 0.6 is 27.3 Å². The second-order valence-electron chi connectivity index (χ2n) is 2.85. The van der Waals surface area contributed by atoms with E-state index in [-0.39, 0.29) is 0 Å². The Hall–Kier alpha value is 0.140. The van der Waals surface area contributed by atoms with Gasteiger partial charge in [0.05, 0.1) is 0 Å². The largest absolute Gasteiger partial charge is 0.304 e. The minimum absolute atomic E-state index is 1.04. The van der Waals surface area contributed by atoms with E-state index in [9.17, 15) is 0 Å². The zero-order valence-corrected chi connectivity index (χ0v) is 9.42. The second-order valence-corrected chi connectivity index (χ2v) is 5.05. The summed E-state index contributed by atoms with van der Waals surface area (Å²) in [6, 6.07) is 2.19. The van der Waals surface area contributed by atoms with E-state index in [1.54, 1.807) is 0 Å². The molecule has 62 valence electrons. The first-order chi connectivity index (χ1) is 5.09. The summed E-state index contributed by atoms with van der Waals surface area (Å²) < 4.78 is 1.24. The van der Waals surface area contributed by atoms with Gasteiger partial charge in [0.15, 0.2) is 0 Å². The maximum Gasteiger partial charge on any atom is 0.0322 e. The van der Waals surface area contributed by atoms with E-state index in [1.165, 1.54) is 14.2 Å². The maximum absolute atomic E-state index is 3.50. The van der Waals surface area contributed by atoms with E-state index in [2.05, 4.69) is 47.9 Å². The quantitative estimate of drug-likeness (QED) is 0.760. The lowest BCUT2D eigenvalue weighted by molar-refractivity contribution is 0.406. The number of rotatable bonds is 2. The first kappa shape index (κ1) is 9.23. The van der Waals surface area contributed by atoms with E-state index in [4.69, 9.17) is 0 Å². The van der Waals surface area contributed by atoms with Crippen LogP contribution in [0, 0.1) is 6.92 Å². The van der Waals surface area contributed by atoms with Crippen molar-refractivity contribution in [1.29, 1.82) is 0 Å². The van der Waals surface area contributed by atoms with E-state index in [1.807, 2.05) is 11.3 Å². The average molecular weight is 234 g/mol. The topological polar surface area (TPSA) is 3.24 Å². The predicted octanol–water partition coefficient (Wildman–Crippen LogP) is 2.88. The molecule has 1 aromatic rings. The first-order valence-corrected chi connectivity index (χ1v) is 5.10. The van der Waals surface area contributed by atoms with E-state index >= 15 is 0 Å². The third-order valence-electron chi connectivity index (χ3n) is 1.38. The van der Waals surface area contributed by atoms with Crippen molar-refractivity contribution in [2.24, 2.45) is 0 Å². The molecule has 0 aliphatic carbocycles. The van der Waals surface area contributed by atoms with Gasteiger partial charge >= 0.3 is 0 Å². The molecule has 11 heavy (non-hydrogen) atoms. The summed E-state index contributed by atoms with van der Waals surface area (Å²) in [7, 11) is 4.17. The number of hydrogen-bond donors (Lipinski definition) is 0. The number of aryl methyl sites for hydroxylation is 1. The Bertz CT molecular complexity index is 223. The van der Waals surface area contributed by atoms with Crippen molar-refractivity contribution in [3.8, 4) is 0 Å². The molecule has 0 atom stereocenters. The molecule has 0 spiro atoms. The van der Waals surface area contributed by atoms with Crippen molar-refractivity contribution in [3.05, 3.63) is 20.3 Å². The molecule has 0 aliphatic rings. The standard InChI is InChI=1S/C8H12BrNS/c1-6-8(9)4-7(11-6)5-10(2)3/h4H,5H2,1-3H3. The van der Waals surface area contributed by atoms with Gasteiger partial charge in [-0.1, -0.05) is 0 Å². The van der Waals surface area contributed by atoms with Crippen LogP contribution in [0.5, 0.6) is 0 Å². The van der Waals surface area contributed by atoms with Gasteiger partial charge in [-0.15, -0.1) is 11.3 Å². The molecular formula is C8H12BrNS. The van der Waals surface area contributed by atoms with Crippen LogP contribution in [-0.4, -0.2) is 19.0 Å². The van der Waals surface area contributed by atoms with E-state index < -0.39 is 0 Å². The van der Waals surface area contributed by atoms with Crippen LogP contribution < -0.4 is 0 Å². The fourth-order valence-corrected chi connectivity index (χ4v) is 2.63. The van der Waals surface area contributed by atoms with Gasteiger partial charge < -0.3 is 4.90 Å². The van der Waals surface area contributed by atoms with Crippen LogP contribution in [0.2, 0.25) is 0 Å². The Labute approximate surface area is 80.2 Å². The smallest absolute Gasteiger partial charge is 0.0322 e. The molecule has 0 amide bonds. The second kappa shape index (κ2) is 3.70. The molecule has 1 nitrogen and oxygen atoms in total. The molecule has 0 radical (unpaired) electrons. The number of thiophene rings is 1. The molecule has 1 heterocycles. The van der Waals surface area contributed by atoms with Crippen LogP contribution in [-0.2, 0) is 6.54 Å². The van der Waals surface area contributed by atoms with Crippen molar-refractivity contribution in [3.63, 3.8) is 0 Å². The molecular weight excluding hydrogens is 222 g/mol. The molecule has 0 saturated heterocycles. The molecule has 0 aromatic carbocycles. The summed E-state index contributed by atoms with van der Waals surface area (Å²) in [6.07, 6.45) is 0. The third kappa shape index (κ3) is 2.58.